The number of hydrogen-bond acceptors (Lipinski definition) is 4. The molecule has 0 spiro atoms. The summed E-state index contributed by atoms with van der Waals surface area (Å²) in [4.78, 5) is 0. The highest BCUT2D eigenvalue weighted by molar-refractivity contribution is 5.38. The van der Waals surface area contributed by atoms with Gasteiger partial charge in [-0.2, -0.15) is 0 Å². The third-order valence-corrected chi connectivity index (χ3v) is 6.25. The average molecular weight is 397 g/mol. The third kappa shape index (κ3) is 5.19. The van der Waals surface area contributed by atoms with Gasteiger partial charge >= 0.3 is 0 Å². The molecule has 2 N–H and O–H groups in total. The molecular weight excluding hydrogens is 364 g/mol. The van der Waals surface area contributed by atoms with Gasteiger partial charge in [-0.1, -0.05) is 30.3 Å². The molecule has 2 aromatic carbocycles. The molecule has 0 amide bonds. The van der Waals surface area contributed by atoms with Crippen molar-refractivity contribution in [1.29, 1.82) is 0 Å². The Balaban J connectivity index is 1.45. The van der Waals surface area contributed by atoms with E-state index in [-0.39, 0.29) is 18.8 Å². The summed E-state index contributed by atoms with van der Waals surface area (Å²) in [5, 5.41) is 19.6. The van der Waals surface area contributed by atoms with Gasteiger partial charge < -0.3 is 19.7 Å². The van der Waals surface area contributed by atoms with Crippen LogP contribution in [-0.2, 0) is 11.2 Å². The van der Waals surface area contributed by atoms with Gasteiger partial charge in [0.25, 0.3) is 0 Å². The summed E-state index contributed by atoms with van der Waals surface area (Å²) in [5.74, 6) is 0.964. The van der Waals surface area contributed by atoms with Crippen LogP contribution in [0.25, 0.3) is 0 Å². The van der Waals surface area contributed by atoms with Gasteiger partial charge in [0.1, 0.15) is 5.75 Å². The summed E-state index contributed by atoms with van der Waals surface area (Å²) in [6, 6.07) is 14.9. The Morgan fingerprint density at radius 2 is 1.79 bits per heavy atom. The maximum atomic E-state index is 10.1. The van der Waals surface area contributed by atoms with Crippen LogP contribution in [0, 0.1) is 6.92 Å². The van der Waals surface area contributed by atoms with Crippen LogP contribution in [0.15, 0.2) is 42.5 Å². The SMILES string of the molecule is Cc1ccc([C@H]2CC(O)C[C@@H](CO)O2)cc1Cc1ccc(OC2CCCC2)cc1. The van der Waals surface area contributed by atoms with Gasteiger partial charge in [-0.3, -0.25) is 0 Å². The van der Waals surface area contributed by atoms with E-state index in [0.29, 0.717) is 18.9 Å². The summed E-state index contributed by atoms with van der Waals surface area (Å²) < 4.78 is 12.1. The van der Waals surface area contributed by atoms with E-state index in [9.17, 15) is 10.2 Å². The third-order valence-electron chi connectivity index (χ3n) is 6.25. The summed E-state index contributed by atoms with van der Waals surface area (Å²) in [6.07, 6.45) is 6.31. The molecule has 0 bridgehead atoms. The molecule has 0 radical (unpaired) electrons. The van der Waals surface area contributed by atoms with Crippen LogP contribution < -0.4 is 4.74 Å². The first-order valence-electron chi connectivity index (χ1n) is 10.9. The zero-order chi connectivity index (χ0) is 20.2. The molecule has 4 heteroatoms. The predicted octanol–water partition coefficient (Wildman–Crippen LogP) is 4.48. The second kappa shape index (κ2) is 9.29. The van der Waals surface area contributed by atoms with Crippen molar-refractivity contribution in [2.45, 2.75) is 76.3 Å². The minimum absolute atomic E-state index is 0.0540. The molecule has 1 unspecified atom stereocenters. The Labute approximate surface area is 173 Å². The number of hydrogen-bond donors (Lipinski definition) is 2. The highest BCUT2D eigenvalue weighted by Gasteiger charge is 2.29. The van der Waals surface area contributed by atoms with Crippen LogP contribution in [0.4, 0.5) is 0 Å². The number of aliphatic hydroxyl groups excluding tert-OH is 2. The van der Waals surface area contributed by atoms with Crippen molar-refractivity contribution in [3.05, 3.63) is 64.7 Å². The monoisotopic (exact) mass is 396 g/mol. The van der Waals surface area contributed by atoms with Crippen molar-refractivity contribution in [2.75, 3.05) is 6.61 Å². The first kappa shape index (κ1) is 20.4. The van der Waals surface area contributed by atoms with E-state index in [1.807, 2.05) is 0 Å². The molecule has 2 aromatic rings. The summed E-state index contributed by atoms with van der Waals surface area (Å²) in [7, 11) is 0. The second-order valence-electron chi connectivity index (χ2n) is 8.59. The van der Waals surface area contributed by atoms with Crippen molar-refractivity contribution in [3.8, 4) is 5.75 Å². The van der Waals surface area contributed by atoms with Gasteiger partial charge in [0.2, 0.25) is 0 Å². The van der Waals surface area contributed by atoms with Gasteiger partial charge in [-0.25, -0.2) is 0 Å². The highest BCUT2D eigenvalue weighted by Crippen LogP contribution is 2.33. The van der Waals surface area contributed by atoms with Gasteiger partial charge in [-0.05, 0) is 73.4 Å². The Hall–Kier alpha value is -1.88. The van der Waals surface area contributed by atoms with Gasteiger partial charge in [0.05, 0.1) is 31.0 Å². The van der Waals surface area contributed by atoms with E-state index in [2.05, 4.69) is 49.4 Å². The second-order valence-corrected chi connectivity index (χ2v) is 8.59. The van der Waals surface area contributed by atoms with Crippen molar-refractivity contribution in [1.82, 2.24) is 0 Å². The zero-order valence-electron chi connectivity index (χ0n) is 17.2. The molecule has 3 atom stereocenters. The fourth-order valence-corrected chi connectivity index (χ4v) is 4.51. The van der Waals surface area contributed by atoms with Crippen LogP contribution in [0.5, 0.6) is 5.75 Å². The van der Waals surface area contributed by atoms with Crippen molar-refractivity contribution < 1.29 is 19.7 Å². The minimum Gasteiger partial charge on any atom is -0.490 e. The fourth-order valence-electron chi connectivity index (χ4n) is 4.51. The lowest BCUT2D eigenvalue weighted by molar-refractivity contribution is -0.113. The lowest BCUT2D eigenvalue weighted by Crippen LogP contribution is -2.33. The normalized spacial score (nSPS) is 25.3. The van der Waals surface area contributed by atoms with E-state index >= 15 is 0 Å². The van der Waals surface area contributed by atoms with Crippen LogP contribution in [0.3, 0.4) is 0 Å². The molecule has 4 nitrogen and oxygen atoms in total. The predicted molar refractivity (Wildman–Crippen MR) is 113 cm³/mol. The molecule has 1 saturated heterocycles. The van der Waals surface area contributed by atoms with Gasteiger partial charge in [-0.15, -0.1) is 0 Å². The van der Waals surface area contributed by atoms with Crippen molar-refractivity contribution >= 4 is 0 Å². The lowest BCUT2D eigenvalue weighted by atomic mass is 9.92. The van der Waals surface area contributed by atoms with Gasteiger partial charge in [0.15, 0.2) is 0 Å². The van der Waals surface area contributed by atoms with E-state index in [1.54, 1.807) is 0 Å². The van der Waals surface area contributed by atoms with E-state index < -0.39 is 6.10 Å². The largest absolute Gasteiger partial charge is 0.490 e. The zero-order valence-corrected chi connectivity index (χ0v) is 17.2. The van der Waals surface area contributed by atoms with E-state index in [1.165, 1.54) is 42.4 Å². The Bertz CT molecular complexity index is 795. The number of aliphatic hydroxyl groups is 2. The van der Waals surface area contributed by atoms with Crippen LogP contribution >= 0.6 is 0 Å². The maximum absolute atomic E-state index is 10.1. The quantitative estimate of drug-likeness (QED) is 0.756. The van der Waals surface area contributed by atoms with Crippen molar-refractivity contribution in [3.63, 3.8) is 0 Å². The summed E-state index contributed by atoms with van der Waals surface area (Å²) in [6.45, 7) is 2.07. The standard InChI is InChI=1S/C25H32O4/c1-17-6-9-19(25-15-21(27)14-24(16-26)29-25)13-20(17)12-18-7-10-23(11-8-18)28-22-4-2-3-5-22/h6-11,13,21-22,24-27H,2-5,12,14-16H2,1H3/t21?,24-,25+/m0/s1. The molecule has 1 heterocycles. The molecular formula is C25H32O4. The maximum Gasteiger partial charge on any atom is 0.119 e. The number of aryl methyl sites for hydroxylation is 1. The lowest BCUT2D eigenvalue weighted by Gasteiger charge is -2.32. The molecule has 1 aliphatic carbocycles. The molecule has 29 heavy (non-hydrogen) atoms. The Morgan fingerprint density at radius 1 is 1.03 bits per heavy atom. The fraction of sp³-hybridized carbons (Fsp3) is 0.520. The number of rotatable bonds is 6. The summed E-state index contributed by atoms with van der Waals surface area (Å²) >= 11 is 0. The van der Waals surface area contributed by atoms with Crippen LogP contribution in [-0.4, -0.2) is 35.1 Å². The van der Waals surface area contributed by atoms with Gasteiger partial charge in [0, 0.05) is 12.8 Å². The molecule has 156 valence electrons. The first-order valence-corrected chi connectivity index (χ1v) is 10.9. The topological polar surface area (TPSA) is 58.9 Å². The van der Waals surface area contributed by atoms with Crippen LogP contribution in [0.2, 0.25) is 0 Å². The van der Waals surface area contributed by atoms with Crippen molar-refractivity contribution in [2.24, 2.45) is 0 Å². The van der Waals surface area contributed by atoms with E-state index in [4.69, 9.17) is 9.47 Å². The van der Waals surface area contributed by atoms with E-state index in [0.717, 1.165) is 17.7 Å². The average Bonchev–Trinajstić information content (AvgIpc) is 3.23. The molecule has 1 saturated carbocycles. The molecule has 2 aliphatic rings. The Morgan fingerprint density at radius 3 is 2.52 bits per heavy atom. The van der Waals surface area contributed by atoms with Crippen LogP contribution in [0.1, 0.15) is 66.9 Å². The smallest absolute Gasteiger partial charge is 0.119 e. The molecule has 0 aromatic heterocycles. The number of ether oxygens (including phenoxy) is 2. The Kier molecular flexibility index (Phi) is 6.53. The minimum atomic E-state index is -0.428. The first-order chi connectivity index (χ1) is 14.1. The molecule has 2 fully saturated rings. The number of benzene rings is 2. The molecule has 4 rings (SSSR count). The highest BCUT2D eigenvalue weighted by atomic mass is 16.5. The molecule has 1 aliphatic heterocycles. The summed E-state index contributed by atoms with van der Waals surface area (Å²) in [5.41, 5.74) is 4.83.